The van der Waals surface area contributed by atoms with Gasteiger partial charge in [0, 0.05) is 36.6 Å². The summed E-state index contributed by atoms with van der Waals surface area (Å²) in [7, 11) is 1.56. The maximum atomic E-state index is 11.8. The van der Waals surface area contributed by atoms with E-state index >= 15 is 0 Å². The van der Waals surface area contributed by atoms with Crippen molar-refractivity contribution >= 4 is 28.4 Å². The molecule has 0 saturated heterocycles. The van der Waals surface area contributed by atoms with E-state index in [1.165, 1.54) is 6.20 Å². The van der Waals surface area contributed by atoms with Crippen molar-refractivity contribution in [3.05, 3.63) is 103 Å². The second-order valence-corrected chi connectivity index (χ2v) is 7.54. The first-order valence-electron chi connectivity index (χ1n) is 10.9. The van der Waals surface area contributed by atoms with Gasteiger partial charge in [0.1, 0.15) is 28.7 Å². The quantitative estimate of drug-likeness (QED) is 0.319. The molecule has 1 amide bonds. The predicted octanol–water partition coefficient (Wildman–Crippen LogP) is 5.71. The van der Waals surface area contributed by atoms with Gasteiger partial charge in [-0.15, -0.1) is 0 Å². The van der Waals surface area contributed by atoms with E-state index in [-0.39, 0.29) is 11.6 Å². The number of ether oxygens (including phenoxy) is 2. The van der Waals surface area contributed by atoms with Gasteiger partial charge in [-0.1, -0.05) is 18.2 Å². The maximum absolute atomic E-state index is 11.8. The van der Waals surface area contributed by atoms with Crippen molar-refractivity contribution in [3.8, 4) is 23.0 Å². The minimum absolute atomic E-state index is 0.277. The Balaban J connectivity index is 1.27. The fourth-order valence-electron chi connectivity index (χ4n) is 3.36. The van der Waals surface area contributed by atoms with Gasteiger partial charge in [-0.2, -0.15) is 0 Å². The second kappa shape index (κ2) is 9.88. The number of benzene rings is 3. The van der Waals surface area contributed by atoms with Gasteiger partial charge in [0.15, 0.2) is 0 Å². The van der Waals surface area contributed by atoms with Crippen molar-refractivity contribution in [2.75, 3.05) is 12.4 Å². The minimum Gasteiger partial charge on any atom is -0.457 e. The van der Waals surface area contributed by atoms with Crippen LogP contribution in [0.1, 0.15) is 10.5 Å². The number of pyridine rings is 1. The number of carbonyl (C=O) groups is 1. The fraction of sp³-hybridized carbons (Fsp3) is 0.0370. The molecule has 3 aromatic carbocycles. The van der Waals surface area contributed by atoms with Crippen LogP contribution in [0.2, 0.25) is 0 Å². The average Bonchev–Trinajstić information content (AvgIpc) is 2.90. The van der Waals surface area contributed by atoms with Gasteiger partial charge < -0.3 is 20.1 Å². The highest BCUT2D eigenvalue weighted by Crippen LogP contribution is 2.27. The number of fused-ring (bicyclic) bond motifs is 1. The molecular formula is C27H21N5O3. The van der Waals surface area contributed by atoms with Crippen LogP contribution in [0.25, 0.3) is 10.9 Å². The number of nitrogens with one attached hydrogen (secondary N) is 2. The van der Waals surface area contributed by atoms with Crippen molar-refractivity contribution in [2.24, 2.45) is 0 Å². The van der Waals surface area contributed by atoms with Crippen molar-refractivity contribution < 1.29 is 14.3 Å². The molecule has 5 rings (SSSR count). The van der Waals surface area contributed by atoms with Crippen molar-refractivity contribution in [1.82, 2.24) is 20.3 Å². The van der Waals surface area contributed by atoms with Crippen LogP contribution in [0.5, 0.6) is 23.0 Å². The molecule has 172 valence electrons. The van der Waals surface area contributed by atoms with Crippen LogP contribution >= 0.6 is 0 Å². The van der Waals surface area contributed by atoms with Gasteiger partial charge in [-0.05, 0) is 60.7 Å². The zero-order chi connectivity index (χ0) is 24.0. The highest BCUT2D eigenvalue weighted by atomic mass is 16.5. The number of carbonyl (C=O) groups excluding carboxylic acids is 1. The summed E-state index contributed by atoms with van der Waals surface area (Å²) in [6.07, 6.45) is 3.26. The third-order valence-electron chi connectivity index (χ3n) is 5.07. The smallest absolute Gasteiger partial charge is 0.269 e. The van der Waals surface area contributed by atoms with E-state index in [1.54, 1.807) is 25.4 Å². The van der Waals surface area contributed by atoms with E-state index in [0.717, 1.165) is 28.1 Å². The molecule has 0 aliphatic carbocycles. The average molecular weight is 463 g/mol. The summed E-state index contributed by atoms with van der Waals surface area (Å²) in [4.78, 5) is 24.8. The summed E-state index contributed by atoms with van der Waals surface area (Å²) in [6.45, 7) is 0. The Hall–Kier alpha value is -4.98. The van der Waals surface area contributed by atoms with Crippen LogP contribution in [-0.4, -0.2) is 27.9 Å². The first-order valence-corrected chi connectivity index (χ1v) is 10.9. The number of hydrogen-bond donors (Lipinski definition) is 2. The van der Waals surface area contributed by atoms with Gasteiger partial charge in [-0.3, -0.25) is 9.78 Å². The summed E-state index contributed by atoms with van der Waals surface area (Å²) in [6, 6.07) is 26.0. The fourth-order valence-corrected chi connectivity index (χ4v) is 3.36. The lowest BCUT2D eigenvalue weighted by Gasteiger charge is -2.10. The molecule has 0 spiro atoms. The first kappa shape index (κ1) is 21.8. The molecule has 5 aromatic rings. The molecule has 2 aromatic heterocycles. The highest BCUT2D eigenvalue weighted by molar-refractivity contribution is 5.92. The molecule has 0 bridgehead atoms. The Kier molecular flexibility index (Phi) is 6.17. The molecule has 35 heavy (non-hydrogen) atoms. The molecule has 0 aliphatic heterocycles. The Morgan fingerprint density at radius 1 is 0.771 bits per heavy atom. The van der Waals surface area contributed by atoms with Crippen molar-refractivity contribution in [1.29, 1.82) is 0 Å². The second-order valence-electron chi connectivity index (χ2n) is 7.54. The molecule has 2 heterocycles. The summed E-state index contributed by atoms with van der Waals surface area (Å²) in [5.74, 6) is 2.84. The zero-order valence-electron chi connectivity index (χ0n) is 18.8. The Labute approximate surface area is 201 Å². The molecule has 8 heteroatoms. The monoisotopic (exact) mass is 463 g/mol. The van der Waals surface area contributed by atoms with Crippen LogP contribution in [0.4, 0.5) is 11.6 Å². The lowest BCUT2D eigenvalue weighted by Crippen LogP contribution is -2.18. The number of nitrogens with zero attached hydrogens (tertiary/aromatic N) is 3. The van der Waals surface area contributed by atoms with E-state index in [4.69, 9.17) is 9.47 Å². The van der Waals surface area contributed by atoms with Gasteiger partial charge >= 0.3 is 0 Å². The van der Waals surface area contributed by atoms with Crippen LogP contribution in [0, 0.1) is 0 Å². The highest BCUT2D eigenvalue weighted by Gasteiger charge is 2.08. The van der Waals surface area contributed by atoms with E-state index in [2.05, 4.69) is 25.6 Å². The minimum atomic E-state index is -0.277. The standard InChI is InChI=1S/C27H21N5O3/c1-28-26(33)25-16-23(13-14-29-25)35-22-11-12-24-18(15-22)17-30-27(32-24)31-19-7-9-21(10-8-19)34-20-5-3-2-4-6-20/h2-17H,1H3,(H,28,33)(H,30,31,32). The van der Waals surface area contributed by atoms with Crippen molar-refractivity contribution in [2.45, 2.75) is 0 Å². The summed E-state index contributed by atoms with van der Waals surface area (Å²) in [5.41, 5.74) is 1.89. The Bertz CT molecular complexity index is 1470. The number of hydrogen-bond acceptors (Lipinski definition) is 7. The molecule has 0 fully saturated rings. The Morgan fingerprint density at radius 3 is 2.29 bits per heavy atom. The largest absolute Gasteiger partial charge is 0.457 e. The van der Waals surface area contributed by atoms with E-state index in [9.17, 15) is 4.79 Å². The predicted molar refractivity (Wildman–Crippen MR) is 133 cm³/mol. The normalized spacial score (nSPS) is 10.5. The molecule has 8 nitrogen and oxygen atoms in total. The summed E-state index contributed by atoms with van der Waals surface area (Å²) < 4.78 is 11.7. The number of aromatic nitrogens is 3. The molecule has 2 N–H and O–H groups in total. The maximum Gasteiger partial charge on any atom is 0.269 e. The van der Waals surface area contributed by atoms with Crippen LogP contribution in [0.15, 0.2) is 97.3 Å². The molecular weight excluding hydrogens is 442 g/mol. The van der Waals surface area contributed by atoms with Gasteiger partial charge in [0.25, 0.3) is 5.91 Å². The van der Waals surface area contributed by atoms with E-state index in [1.807, 2.05) is 72.8 Å². The van der Waals surface area contributed by atoms with E-state index in [0.29, 0.717) is 17.4 Å². The third-order valence-corrected chi connectivity index (χ3v) is 5.07. The van der Waals surface area contributed by atoms with Gasteiger partial charge in [0.2, 0.25) is 5.95 Å². The number of para-hydroxylation sites is 1. The van der Waals surface area contributed by atoms with Crippen LogP contribution < -0.4 is 20.1 Å². The molecule has 0 aliphatic rings. The number of rotatable bonds is 7. The first-order chi connectivity index (χ1) is 17.2. The van der Waals surface area contributed by atoms with E-state index < -0.39 is 0 Å². The number of amides is 1. The van der Waals surface area contributed by atoms with Crippen LogP contribution in [-0.2, 0) is 0 Å². The third kappa shape index (κ3) is 5.33. The van der Waals surface area contributed by atoms with Gasteiger partial charge in [0.05, 0.1) is 5.52 Å². The lowest BCUT2D eigenvalue weighted by molar-refractivity contribution is 0.0958. The topological polar surface area (TPSA) is 98.3 Å². The molecule has 0 radical (unpaired) electrons. The number of anilines is 2. The zero-order valence-corrected chi connectivity index (χ0v) is 18.8. The van der Waals surface area contributed by atoms with Crippen LogP contribution in [0.3, 0.4) is 0 Å². The Morgan fingerprint density at radius 2 is 1.49 bits per heavy atom. The molecule has 0 atom stereocenters. The molecule has 0 saturated carbocycles. The van der Waals surface area contributed by atoms with Crippen molar-refractivity contribution in [3.63, 3.8) is 0 Å². The molecule has 0 unspecified atom stereocenters. The van der Waals surface area contributed by atoms with Gasteiger partial charge in [-0.25, -0.2) is 9.97 Å². The summed E-state index contributed by atoms with van der Waals surface area (Å²) >= 11 is 0. The SMILES string of the molecule is CNC(=O)c1cc(Oc2ccc3nc(Nc4ccc(Oc5ccccc5)cc4)ncc3c2)ccn1. The summed E-state index contributed by atoms with van der Waals surface area (Å²) in [5, 5.41) is 6.58. The lowest BCUT2D eigenvalue weighted by atomic mass is 10.2.